The molecular weight excluding hydrogens is 198 g/mol. The third-order valence-corrected chi connectivity index (χ3v) is 3.43. The van der Waals surface area contributed by atoms with Gasteiger partial charge in [0.15, 0.2) is 0 Å². The molecule has 1 aliphatic heterocycles. The minimum atomic E-state index is 0.527. The lowest BCUT2D eigenvalue weighted by Crippen LogP contribution is -2.14. The molecule has 0 amide bonds. The van der Waals surface area contributed by atoms with Gasteiger partial charge in [-0.25, -0.2) is 0 Å². The SMILES string of the molecule is Cc1ccc2c(c1)c(C)nn2C1CCNC1. The van der Waals surface area contributed by atoms with Crippen molar-refractivity contribution in [3.63, 3.8) is 0 Å². The zero-order valence-corrected chi connectivity index (χ0v) is 9.83. The highest BCUT2D eigenvalue weighted by atomic mass is 15.3. The minimum Gasteiger partial charge on any atom is -0.315 e. The standard InChI is InChI=1S/C13H17N3/c1-9-3-4-13-12(7-9)10(2)15-16(13)11-5-6-14-8-11/h3-4,7,11,14H,5-6,8H2,1-2H3. The summed E-state index contributed by atoms with van der Waals surface area (Å²) in [5.41, 5.74) is 3.72. The highest BCUT2D eigenvalue weighted by Gasteiger charge is 2.19. The van der Waals surface area contributed by atoms with Crippen molar-refractivity contribution in [1.29, 1.82) is 0 Å². The zero-order valence-electron chi connectivity index (χ0n) is 9.83. The van der Waals surface area contributed by atoms with Gasteiger partial charge in [-0.1, -0.05) is 11.6 Å². The van der Waals surface area contributed by atoms with E-state index in [-0.39, 0.29) is 0 Å². The third-order valence-electron chi connectivity index (χ3n) is 3.43. The van der Waals surface area contributed by atoms with Crippen LogP contribution in [0, 0.1) is 13.8 Å². The Morgan fingerprint density at radius 2 is 2.25 bits per heavy atom. The van der Waals surface area contributed by atoms with Gasteiger partial charge < -0.3 is 5.32 Å². The zero-order chi connectivity index (χ0) is 11.1. The number of aryl methyl sites for hydroxylation is 2. The summed E-state index contributed by atoms with van der Waals surface area (Å²) in [5.74, 6) is 0. The second-order valence-electron chi connectivity index (χ2n) is 4.70. The van der Waals surface area contributed by atoms with E-state index in [0.29, 0.717) is 6.04 Å². The average Bonchev–Trinajstić information content (AvgIpc) is 2.87. The molecule has 2 heterocycles. The van der Waals surface area contributed by atoms with Gasteiger partial charge in [0.05, 0.1) is 17.3 Å². The topological polar surface area (TPSA) is 29.9 Å². The molecule has 1 fully saturated rings. The maximum absolute atomic E-state index is 4.69. The van der Waals surface area contributed by atoms with E-state index in [9.17, 15) is 0 Å². The number of benzene rings is 1. The van der Waals surface area contributed by atoms with E-state index in [1.54, 1.807) is 0 Å². The summed E-state index contributed by atoms with van der Waals surface area (Å²) >= 11 is 0. The number of aromatic nitrogens is 2. The van der Waals surface area contributed by atoms with E-state index in [1.165, 1.54) is 22.9 Å². The summed E-state index contributed by atoms with van der Waals surface area (Å²) in [7, 11) is 0. The number of fused-ring (bicyclic) bond motifs is 1. The van der Waals surface area contributed by atoms with Crippen LogP contribution in [0.2, 0.25) is 0 Å². The van der Waals surface area contributed by atoms with Gasteiger partial charge in [-0.05, 0) is 38.9 Å². The van der Waals surface area contributed by atoms with E-state index in [2.05, 4.69) is 47.1 Å². The summed E-state index contributed by atoms with van der Waals surface area (Å²) in [4.78, 5) is 0. The van der Waals surface area contributed by atoms with Crippen LogP contribution < -0.4 is 5.32 Å². The molecule has 84 valence electrons. The molecule has 0 aliphatic carbocycles. The summed E-state index contributed by atoms with van der Waals surface area (Å²) in [6.45, 7) is 6.38. The molecule has 1 aromatic heterocycles. The van der Waals surface area contributed by atoms with Crippen molar-refractivity contribution in [2.24, 2.45) is 0 Å². The normalized spacial score (nSPS) is 20.8. The molecule has 1 saturated heterocycles. The van der Waals surface area contributed by atoms with Crippen LogP contribution in [0.4, 0.5) is 0 Å². The van der Waals surface area contributed by atoms with Crippen molar-refractivity contribution in [3.05, 3.63) is 29.5 Å². The largest absolute Gasteiger partial charge is 0.315 e. The molecule has 0 radical (unpaired) electrons. The molecule has 0 saturated carbocycles. The average molecular weight is 215 g/mol. The lowest BCUT2D eigenvalue weighted by molar-refractivity contribution is 0.503. The lowest BCUT2D eigenvalue weighted by Gasteiger charge is -2.10. The van der Waals surface area contributed by atoms with Gasteiger partial charge in [-0.15, -0.1) is 0 Å². The van der Waals surface area contributed by atoms with Crippen LogP contribution in [0.3, 0.4) is 0 Å². The van der Waals surface area contributed by atoms with E-state index < -0.39 is 0 Å². The van der Waals surface area contributed by atoms with Gasteiger partial charge in [0, 0.05) is 11.9 Å². The number of hydrogen-bond acceptors (Lipinski definition) is 2. The fraction of sp³-hybridized carbons (Fsp3) is 0.462. The van der Waals surface area contributed by atoms with Gasteiger partial charge in [-0.3, -0.25) is 4.68 Å². The van der Waals surface area contributed by atoms with Gasteiger partial charge in [-0.2, -0.15) is 5.10 Å². The van der Waals surface area contributed by atoms with Crippen molar-refractivity contribution in [3.8, 4) is 0 Å². The summed E-state index contributed by atoms with van der Waals surface area (Å²) in [6, 6.07) is 7.13. The van der Waals surface area contributed by atoms with Crippen LogP contribution >= 0.6 is 0 Å². The Bertz CT molecular complexity index is 521. The van der Waals surface area contributed by atoms with Crippen LogP contribution in [-0.2, 0) is 0 Å². The molecule has 0 bridgehead atoms. The Morgan fingerprint density at radius 3 is 3.00 bits per heavy atom. The van der Waals surface area contributed by atoms with E-state index >= 15 is 0 Å². The Hall–Kier alpha value is -1.35. The van der Waals surface area contributed by atoms with Crippen LogP contribution in [0.25, 0.3) is 10.9 Å². The molecule has 0 spiro atoms. The number of rotatable bonds is 1. The first kappa shape index (κ1) is 9.85. The van der Waals surface area contributed by atoms with Gasteiger partial charge in [0.1, 0.15) is 0 Å². The van der Waals surface area contributed by atoms with E-state index in [1.807, 2.05) is 0 Å². The van der Waals surface area contributed by atoms with Crippen molar-refractivity contribution >= 4 is 10.9 Å². The first-order valence-corrected chi connectivity index (χ1v) is 5.92. The monoisotopic (exact) mass is 215 g/mol. The second kappa shape index (κ2) is 3.59. The fourth-order valence-corrected chi connectivity index (χ4v) is 2.54. The number of nitrogens with one attached hydrogen (secondary N) is 1. The lowest BCUT2D eigenvalue weighted by atomic mass is 10.1. The molecule has 3 nitrogen and oxygen atoms in total. The van der Waals surface area contributed by atoms with Crippen LogP contribution in [0.1, 0.15) is 23.7 Å². The number of hydrogen-bond donors (Lipinski definition) is 1. The molecule has 2 aromatic rings. The summed E-state index contributed by atoms with van der Waals surface area (Å²) < 4.78 is 2.20. The molecule has 3 heteroatoms. The van der Waals surface area contributed by atoms with Crippen molar-refractivity contribution in [2.75, 3.05) is 13.1 Å². The highest BCUT2D eigenvalue weighted by Crippen LogP contribution is 2.25. The Morgan fingerprint density at radius 1 is 1.38 bits per heavy atom. The molecule has 3 rings (SSSR count). The van der Waals surface area contributed by atoms with Crippen LogP contribution in [-0.4, -0.2) is 22.9 Å². The molecular formula is C13H17N3. The maximum Gasteiger partial charge on any atom is 0.0689 e. The summed E-state index contributed by atoms with van der Waals surface area (Å²) in [5, 5.41) is 9.38. The Kier molecular flexibility index (Phi) is 2.21. The first-order valence-electron chi connectivity index (χ1n) is 5.92. The predicted octanol–water partition coefficient (Wildman–Crippen LogP) is 2.19. The molecule has 1 N–H and O–H groups in total. The predicted molar refractivity (Wildman–Crippen MR) is 65.7 cm³/mol. The molecule has 1 unspecified atom stereocenters. The van der Waals surface area contributed by atoms with Crippen LogP contribution in [0.5, 0.6) is 0 Å². The van der Waals surface area contributed by atoms with Gasteiger partial charge in [0.25, 0.3) is 0 Å². The van der Waals surface area contributed by atoms with Crippen molar-refractivity contribution < 1.29 is 0 Å². The van der Waals surface area contributed by atoms with Gasteiger partial charge in [0.2, 0.25) is 0 Å². The quantitative estimate of drug-likeness (QED) is 0.790. The minimum absolute atomic E-state index is 0.527. The summed E-state index contributed by atoms with van der Waals surface area (Å²) in [6.07, 6.45) is 1.18. The van der Waals surface area contributed by atoms with Crippen molar-refractivity contribution in [1.82, 2.24) is 15.1 Å². The Balaban J connectivity index is 2.18. The second-order valence-corrected chi connectivity index (χ2v) is 4.70. The van der Waals surface area contributed by atoms with E-state index in [4.69, 9.17) is 0 Å². The van der Waals surface area contributed by atoms with Gasteiger partial charge >= 0.3 is 0 Å². The molecule has 1 aromatic carbocycles. The molecule has 16 heavy (non-hydrogen) atoms. The van der Waals surface area contributed by atoms with Crippen molar-refractivity contribution in [2.45, 2.75) is 26.3 Å². The maximum atomic E-state index is 4.69. The smallest absolute Gasteiger partial charge is 0.0689 e. The fourth-order valence-electron chi connectivity index (χ4n) is 2.54. The first-order chi connectivity index (χ1) is 7.75. The Labute approximate surface area is 95.5 Å². The van der Waals surface area contributed by atoms with Crippen LogP contribution in [0.15, 0.2) is 18.2 Å². The van der Waals surface area contributed by atoms with E-state index in [0.717, 1.165) is 18.8 Å². The number of nitrogens with zero attached hydrogens (tertiary/aromatic N) is 2. The third kappa shape index (κ3) is 1.43. The molecule has 1 atom stereocenters. The highest BCUT2D eigenvalue weighted by molar-refractivity contribution is 5.82. The molecule has 1 aliphatic rings.